The Balaban J connectivity index is 2.69. The summed E-state index contributed by atoms with van der Waals surface area (Å²) in [4.78, 5) is 21.9. The number of ether oxygens (including phenoxy) is 1. The van der Waals surface area contributed by atoms with Crippen LogP contribution in [0.15, 0.2) is 30.3 Å². The van der Waals surface area contributed by atoms with Gasteiger partial charge in [-0.15, -0.1) is 0 Å². The standard InChI is InChI=1S/C15H21NO3/c1-3-19-15(16-12(2)10-17)9-14(11-18)13-7-5-4-6-8-13/h4-8,10-12,14-16H,3,9H2,1-2H3/t12-,14?,15?/m0/s1. The summed E-state index contributed by atoms with van der Waals surface area (Å²) in [5.74, 6) is -0.232. The van der Waals surface area contributed by atoms with Crippen molar-refractivity contribution in [1.29, 1.82) is 0 Å². The molecule has 0 saturated carbocycles. The van der Waals surface area contributed by atoms with Crippen LogP contribution < -0.4 is 5.32 Å². The molecule has 4 nitrogen and oxygen atoms in total. The van der Waals surface area contributed by atoms with Crippen molar-refractivity contribution in [2.45, 2.75) is 38.5 Å². The van der Waals surface area contributed by atoms with E-state index < -0.39 is 0 Å². The lowest BCUT2D eigenvalue weighted by Crippen LogP contribution is -2.40. The fourth-order valence-electron chi connectivity index (χ4n) is 1.92. The summed E-state index contributed by atoms with van der Waals surface area (Å²) < 4.78 is 5.54. The van der Waals surface area contributed by atoms with Crippen molar-refractivity contribution in [3.63, 3.8) is 0 Å². The maximum absolute atomic E-state index is 11.2. The Morgan fingerprint density at radius 2 is 1.89 bits per heavy atom. The van der Waals surface area contributed by atoms with Crippen LogP contribution >= 0.6 is 0 Å². The molecule has 1 N–H and O–H groups in total. The molecule has 0 aliphatic rings. The Kier molecular flexibility index (Phi) is 7.00. The molecule has 0 spiro atoms. The number of carbonyl (C=O) groups is 2. The summed E-state index contributed by atoms with van der Waals surface area (Å²) in [5, 5.41) is 3.05. The second kappa shape index (κ2) is 8.56. The minimum atomic E-state index is -0.305. The Morgan fingerprint density at radius 3 is 2.42 bits per heavy atom. The van der Waals surface area contributed by atoms with Gasteiger partial charge in [0.2, 0.25) is 0 Å². The molecule has 1 aromatic rings. The van der Waals surface area contributed by atoms with Gasteiger partial charge >= 0.3 is 0 Å². The Bertz CT molecular complexity index is 380. The Labute approximate surface area is 114 Å². The molecule has 0 amide bonds. The van der Waals surface area contributed by atoms with Crippen LogP contribution in [0.3, 0.4) is 0 Å². The van der Waals surface area contributed by atoms with Crippen LogP contribution in [0.25, 0.3) is 0 Å². The molecule has 2 unspecified atom stereocenters. The molecule has 0 saturated heterocycles. The molecular weight excluding hydrogens is 242 g/mol. The van der Waals surface area contributed by atoms with E-state index in [1.54, 1.807) is 6.92 Å². The minimum absolute atomic E-state index is 0.232. The van der Waals surface area contributed by atoms with Gasteiger partial charge < -0.3 is 14.3 Å². The molecule has 104 valence electrons. The van der Waals surface area contributed by atoms with Gasteiger partial charge in [0.05, 0.1) is 6.04 Å². The molecule has 0 fully saturated rings. The number of rotatable bonds is 9. The maximum atomic E-state index is 11.2. The third-order valence-corrected chi connectivity index (χ3v) is 2.88. The first-order valence-electron chi connectivity index (χ1n) is 6.54. The Hall–Kier alpha value is -1.52. The second-order valence-electron chi connectivity index (χ2n) is 4.42. The average molecular weight is 263 g/mol. The fraction of sp³-hybridized carbons (Fsp3) is 0.467. The molecular formula is C15H21NO3. The molecule has 1 rings (SSSR count). The van der Waals surface area contributed by atoms with Crippen molar-refractivity contribution in [3.8, 4) is 0 Å². The van der Waals surface area contributed by atoms with Crippen LogP contribution in [0.1, 0.15) is 31.7 Å². The van der Waals surface area contributed by atoms with Crippen molar-refractivity contribution in [2.24, 2.45) is 0 Å². The zero-order valence-corrected chi connectivity index (χ0v) is 11.4. The summed E-state index contributed by atoms with van der Waals surface area (Å²) in [6, 6.07) is 9.28. The molecule has 4 heteroatoms. The van der Waals surface area contributed by atoms with E-state index in [4.69, 9.17) is 4.74 Å². The fourth-order valence-corrected chi connectivity index (χ4v) is 1.92. The Morgan fingerprint density at radius 1 is 1.21 bits per heavy atom. The lowest BCUT2D eigenvalue weighted by Gasteiger charge is -2.23. The molecule has 3 atom stereocenters. The van der Waals surface area contributed by atoms with E-state index in [1.165, 1.54) is 0 Å². The van der Waals surface area contributed by atoms with Crippen LogP contribution in [-0.2, 0) is 14.3 Å². The van der Waals surface area contributed by atoms with E-state index in [9.17, 15) is 9.59 Å². The zero-order chi connectivity index (χ0) is 14.1. The van der Waals surface area contributed by atoms with Crippen molar-refractivity contribution in [1.82, 2.24) is 5.32 Å². The molecule has 0 bridgehead atoms. The third-order valence-electron chi connectivity index (χ3n) is 2.88. The summed E-state index contributed by atoms with van der Waals surface area (Å²) >= 11 is 0. The van der Waals surface area contributed by atoms with Crippen molar-refractivity contribution >= 4 is 12.6 Å². The molecule has 0 radical (unpaired) electrons. The van der Waals surface area contributed by atoms with E-state index >= 15 is 0 Å². The number of aldehydes is 2. The SMILES string of the molecule is CCOC(CC(C=O)c1ccccc1)N[C@@H](C)C=O. The normalized spacial score (nSPS) is 15.5. The van der Waals surface area contributed by atoms with Crippen molar-refractivity contribution < 1.29 is 14.3 Å². The predicted octanol–water partition coefficient (Wildman–Crippen LogP) is 1.90. The highest BCUT2D eigenvalue weighted by atomic mass is 16.5. The van der Waals surface area contributed by atoms with Crippen molar-refractivity contribution in [2.75, 3.05) is 6.61 Å². The second-order valence-corrected chi connectivity index (χ2v) is 4.42. The zero-order valence-electron chi connectivity index (χ0n) is 11.4. The number of carbonyl (C=O) groups excluding carboxylic acids is 2. The first-order chi connectivity index (χ1) is 9.21. The summed E-state index contributed by atoms with van der Waals surface area (Å²) in [7, 11) is 0. The van der Waals surface area contributed by atoms with Gasteiger partial charge in [-0.05, 0) is 19.4 Å². The highest BCUT2D eigenvalue weighted by Crippen LogP contribution is 2.19. The highest BCUT2D eigenvalue weighted by molar-refractivity contribution is 5.62. The third kappa shape index (κ3) is 5.32. The lowest BCUT2D eigenvalue weighted by molar-refractivity contribution is -0.111. The summed E-state index contributed by atoms with van der Waals surface area (Å²) in [5.41, 5.74) is 0.961. The molecule has 0 heterocycles. The van der Waals surface area contributed by atoms with Crippen LogP contribution in [-0.4, -0.2) is 31.4 Å². The first-order valence-corrected chi connectivity index (χ1v) is 6.54. The monoisotopic (exact) mass is 263 g/mol. The number of nitrogens with one attached hydrogen (secondary N) is 1. The van der Waals surface area contributed by atoms with E-state index in [1.807, 2.05) is 37.3 Å². The number of hydrogen-bond donors (Lipinski definition) is 1. The van der Waals surface area contributed by atoms with Crippen LogP contribution in [0.2, 0.25) is 0 Å². The van der Waals surface area contributed by atoms with Gasteiger partial charge in [0.15, 0.2) is 0 Å². The molecule has 1 aromatic carbocycles. The van der Waals surface area contributed by atoms with Crippen molar-refractivity contribution in [3.05, 3.63) is 35.9 Å². The molecule has 0 aliphatic heterocycles. The van der Waals surface area contributed by atoms with Gasteiger partial charge in [-0.25, -0.2) is 0 Å². The quantitative estimate of drug-likeness (QED) is 0.546. The molecule has 19 heavy (non-hydrogen) atoms. The average Bonchev–Trinajstić information content (AvgIpc) is 2.45. The van der Waals surface area contributed by atoms with Gasteiger partial charge in [0.1, 0.15) is 18.8 Å². The van der Waals surface area contributed by atoms with Gasteiger partial charge in [-0.1, -0.05) is 30.3 Å². The molecule has 0 aliphatic carbocycles. The van der Waals surface area contributed by atoms with Gasteiger partial charge in [-0.3, -0.25) is 5.32 Å². The summed E-state index contributed by atoms with van der Waals surface area (Å²) in [6.45, 7) is 4.18. The van der Waals surface area contributed by atoms with Crippen LogP contribution in [0.5, 0.6) is 0 Å². The van der Waals surface area contributed by atoms with E-state index in [-0.39, 0.29) is 18.2 Å². The van der Waals surface area contributed by atoms with Gasteiger partial charge in [0.25, 0.3) is 0 Å². The summed E-state index contributed by atoms with van der Waals surface area (Å²) in [6.07, 6.45) is 1.96. The van der Waals surface area contributed by atoms with Crippen LogP contribution in [0.4, 0.5) is 0 Å². The minimum Gasteiger partial charge on any atom is -0.364 e. The number of hydrogen-bond acceptors (Lipinski definition) is 4. The van der Waals surface area contributed by atoms with Gasteiger partial charge in [-0.2, -0.15) is 0 Å². The highest BCUT2D eigenvalue weighted by Gasteiger charge is 2.19. The predicted molar refractivity (Wildman–Crippen MR) is 73.9 cm³/mol. The van der Waals surface area contributed by atoms with E-state index in [0.717, 1.165) is 18.1 Å². The lowest BCUT2D eigenvalue weighted by atomic mass is 9.96. The van der Waals surface area contributed by atoms with Crippen LogP contribution in [0, 0.1) is 0 Å². The largest absolute Gasteiger partial charge is 0.364 e. The molecule has 0 aromatic heterocycles. The van der Waals surface area contributed by atoms with E-state index in [2.05, 4.69) is 5.32 Å². The smallest absolute Gasteiger partial charge is 0.136 e. The number of benzene rings is 1. The first kappa shape index (κ1) is 15.5. The van der Waals surface area contributed by atoms with Gasteiger partial charge in [0, 0.05) is 18.9 Å². The maximum Gasteiger partial charge on any atom is 0.136 e. The topological polar surface area (TPSA) is 55.4 Å². The van der Waals surface area contributed by atoms with E-state index in [0.29, 0.717) is 13.0 Å².